The number of rotatable bonds is 11. The zero-order chi connectivity index (χ0) is 29.4. The number of nitrogens with zero attached hydrogens (tertiary/aromatic N) is 1. The highest BCUT2D eigenvalue weighted by atomic mass is 16.4. The van der Waals surface area contributed by atoms with Crippen LogP contribution in [0.5, 0.6) is 0 Å². The first-order valence-electron chi connectivity index (χ1n) is 13.7. The Labute approximate surface area is 235 Å². The lowest BCUT2D eigenvalue weighted by molar-refractivity contribution is -0.148. The maximum absolute atomic E-state index is 13.0. The van der Waals surface area contributed by atoms with Crippen LogP contribution >= 0.6 is 0 Å². The van der Waals surface area contributed by atoms with E-state index in [0.717, 1.165) is 22.3 Å². The van der Waals surface area contributed by atoms with Crippen molar-refractivity contribution in [2.45, 2.75) is 77.6 Å². The summed E-state index contributed by atoms with van der Waals surface area (Å²) in [4.78, 5) is 49.8. The summed E-state index contributed by atoms with van der Waals surface area (Å²) in [6.07, 6.45) is 1.10. The fourth-order valence-corrected chi connectivity index (χ4v) is 4.60. The number of aliphatic carboxylic acids is 1. The van der Waals surface area contributed by atoms with Crippen molar-refractivity contribution >= 4 is 23.7 Å². The van der Waals surface area contributed by atoms with Crippen molar-refractivity contribution in [3.8, 4) is 11.1 Å². The molecule has 0 radical (unpaired) electrons. The van der Waals surface area contributed by atoms with Crippen LogP contribution < -0.4 is 16.1 Å². The zero-order valence-electron chi connectivity index (χ0n) is 23.5. The Morgan fingerprint density at radius 1 is 1.00 bits per heavy atom. The van der Waals surface area contributed by atoms with Gasteiger partial charge in [-0.15, -0.1) is 0 Å². The summed E-state index contributed by atoms with van der Waals surface area (Å²) in [6.45, 7) is 7.24. The number of aliphatic hydroxyl groups excluding tert-OH is 1. The largest absolute Gasteiger partial charge is 0.480 e. The van der Waals surface area contributed by atoms with E-state index in [9.17, 15) is 29.4 Å². The third-order valence-electron chi connectivity index (χ3n) is 7.04. The van der Waals surface area contributed by atoms with E-state index in [1.807, 2.05) is 62.4 Å². The van der Waals surface area contributed by atoms with Crippen LogP contribution in [0.1, 0.15) is 64.2 Å². The van der Waals surface area contributed by atoms with Gasteiger partial charge in [-0.2, -0.15) is 0 Å². The molecule has 5 N–H and O–H groups in total. The summed E-state index contributed by atoms with van der Waals surface area (Å²) in [6, 6.07) is 13.0. The van der Waals surface area contributed by atoms with Crippen LogP contribution in [0.3, 0.4) is 0 Å². The second-order valence-electron chi connectivity index (χ2n) is 10.7. The lowest BCUT2D eigenvalue weighted by atomic mass is 9.99. The van der Waals surface area contributed by atoms with Gasteiger partial charge in [0.2, 0.25) is 11.8 Å². The molecule has 2 unspecified atom stereocenters. The number of carboxylic acids is 1. The summed E-state index contributed by atoms with van der Waals surface area (Å²) in [5, 5.41) is 25.8. The van der Waals surface area contributed by atoms with E-state index in [-0.39, 0.29) is 18.2 Å². The Hall–Kier alpha value is -3.76. The Bertz CT molecular complexity index is 1200. The number of carbonyl (C=O) groups is 4. The molecule has 0 aromatic heterocycles. The van der Waals surface area contributed by atoms with Gasteiger partial charge in [0.15, 0.2) is 0 Å². The number of aryl methyl sites for hydroxylation is 1. The number of amides is 3. The lowest BCUT2D eigenvalue weighted by Crippen LogP contribution is -2.60. The average Bonchev–Trinajstić information content (AvgIpc) is 2.94. The SMILES string of the molecule is CC(O)c1cccc(-c2ccc(CCC(=O)N[C@H](C(=O)N[C@@H](C)C(=O)N3CCCC(C(=O)O)N3)C(C)C)cc2)c1. The molecule has 2 aromatic carbocycles. The Kier molecular flexibility index (Phi) is 10.8. The van der Waals surface area contributed by atoms with Crippen molar-refractivity contribution in [3.63, 3.8) is 0 Å². The van der Waals surface area contributed by atoms with E-state index in [1.165, 1.54) is 11.9 Å². The summed E-state index contributed by atoms with van der Waals surface area (Å²) >= 11 is 0. The van der Waals surface area contributed by atoms with E-state index in [2.05, 4.69) is 16.1 Å². The quantitative estimate of drug-likeness (QED) is 0.288. The molecule has 10 nitrogen and oxygen atoms in total. The molecule has 40 heavy (non-hydrogen) atoms. The molecule has 0 spiro atoms. The van der Waals surface area contributed by atoms with E-state index in [0.29, 0.717) is 25.8 Å². The predicted molar refractivity (Wildman–Crippen MR) is 151 cm³/mol. The van der Waals surface area contributed by atoms with Crippen molar-refractivity contribution in [3.05, 3.63) is 59.7 Å². The first-order chi connectivity index (χ1) is 19.0. The van der Waals surface area contributed by atoms with E-state index in [1.54, 1.807) is 6.92 Å². The van der Waals surface area contributed by atoms with Crippen LogP contribution in [-0.4, -0.2) is 63.6 Å². The summed E-state index contributed by atoms with van der Waals surface area (Å²) in [7, 11) is 0. The van der Waals surface area contributed by atoms with Crippen LogP contribution in [0.25, 0.3) is 11.1 Å². The van der Waals surface area contributed by atoms with Crippen molar-refractivity contribution in [2.24, 2.45) is 5.92 Å². The van der Waals surface area contributed by atoms with Crippen LogP contribution in [0.2, 0.25) is 0 Å². The number of hydrogen-bond donors (Lipinski definition) is 5. The fraction of sp³-hybridized carbons (Fsp3) is 0.467. The van der Waals surface area contributed by atoms with Gasteiger partial charge >= 0.3 is 5.97 Å². The Morgan fingerprint density at radius 2 is 1.70 bits per heavy atom. The van der Waals surface area contributed by atoms with Crippen molar-refractivity contribution < 1.29 is 29.4 Å². The molecule has 2 aromatic rings. The van der Waals surface area contributed by atoms with Crippen molar-refractivity contribution in [1.29, 1.82) is 0 Å². The minimum Gasteiger partial charge on any atom is -0.480 e. The summed E-state index contributed by atoms with van der Waals surface area (Å²) < 4.78 is 0. The molecule has 1 fully saturated rings. The molecule has 10 heteroatoms. The molecule has 0 saturated carbocycles. The third kappa shape index (κ3) is 8.37. The number of nitrogens with one attached hydrogen (secondary N) is 3. The monoisotopic (exact) mass is 552 g/mol. The molecule has 1 heterocycles. The van der Waals surface area contributed by atoms with Crippen LogP contribution in [0.4, 0.5) is 0 Å². The highest BCUT2D eigenvalue weighted by Crippen LogP contribution is 2.24. The van der Waals surface area contributed by atoms with Crippen molar-refractivity contribution in [2.75, 3.05) is 6.54 Å². The highest BCUT2D eigenvalue weighted by molar-refractivity contribution is 5.92. The molecule has 1 saturated heterocycles. The van der Waals surface area contributed by atoms with E-state index >= 15 is 0 Å². The Morgan fingerprint density at radius 3 is 2.33 bits per heavy atom. The van der Waals surface area contributed by atoms with E-state index in [4.69, 9.17) is 0 Å². The molecule has 1 aliphatic rings. The molecular formula is C30H40N4O6. The maximum Gasteiger partial charge on any atom is 0.322 e. The molecule has 1 aliphatic heterocycles. The van der Waals surface area contributed by atoms with Gasteiger partial charge in [-0.05, 0) is 67.3 Å². The van der Waals surface area contributed by atoms with Gasteiger partial charge in [-0.3, -0.25) is 24.2 Å². The smallest absolute Gasteiger partial charge is 0.322 e. The standard InChI is InChI=1S/C30H40N4O6/c1-18(2)27(28(37)31-19(3)29(38)34-16-6-9-25(33-34)30(39)40)32-26(36)15-12-21-10-13-22(14-11-21)24-8-5-7-23(17-24)20(4)35/h5,7-8,10-11,13-14,17-20,25,27,33,35H,6,9,12,15-16H2,1-4H3,(H,31,37)(H,32,36)(H,39,40)/t19-,20?,25?,27-/m0/s1. The maximum atomic E-state index is 13.0. The Balaban J connectivity index is 1.52. The number of carbonyl (C=O) groups excluding carboxylic acids is 3. The molecule has 4 atom stereocenters. The molecular weight excluding hydrogens is 512 g/mol. The topological polar surface area (TPSA) is 148 Å². The first-order valence-corrected chi connectivity index (χ1v) is 13.7. The summed E-state index contributed by atoms with van der Waals surface area (Å²) in [5.74, 6) is -2.43. The van der Waals surface area contributed by atoms with E-state index < -0.39 is 42.0 Å². The number of hydrazine groups is 1. The van der Waals surface area contributed by atoms with Gasteiger partial charge in [-0.25, -0.2) is 5.43 Å². The predicted octanol–water partition coefficient (Wildman–Crippen LogP) is 2.57. The molecule has 216 valence electrons. The third-order valence-corrected chi connectivity index (χ3v) is 7.04. The molecule has 3 amide bonds. The number of hydrogen-bond acceptors (Lipinski definition) is 6. The summed E-state index contributed by atoms with van der Waals surface area (Å²) in [5.41, 5.74) is 6.52. The molecule has 3 rings (SSSR count). The van der Waals surface area contributed by atoms with Gasteiger partial charge in [0.25, 0.3) is 5.91 Å². The van der Waals surface area contributed by atoms with Gasteiger partial charge in [0, 0.05) is 13.0 Å². The fourth-order valence-electron chi connectivity index (χ4n) is 4.60. The molecule has 0 aliphatic carbocycles. The number of carboxylic acid groups (broad SMARTS) is 1. The minimum atomic E-state index is -1.03. The zero-order valence-corrected chi connectivity index (χ0v) is 23.5. The molecule has 0 bridgehead atoms. The highest BCUT2D eigenvalue weighted by Gasteiger charge is 2.32. The lowest BCUT2D eigenvalue weighted by Gasteiger charge is -2.34. The van der Waals surface area contributed by atoms with Gasteiger partial charge in [0.1, 0.15) is 18.1 Å². The second-order valence-corrected chi connectivity index (χ2v) is 10.7. The van der Waals surface area contributed by atoms with Gasteiger partial charge < -0.3 is 20.8 Å². The van der Waals surface area contributed by atoms with Gasteiger partial charge in [0.05, 0.1) is 6.10 Å². The first kappa shape index (κ1) is 30.8. The second kappa shape index (κ2) is 14.0. The minimum absolute atomic E-state index is 0.191. The van der Waals surface area contributed by atoms with Gasteiger partial charge in [-0.1, -0.05) is 56.3 Å². The number of benzene rings is 2. The van der Waals surface area contributed by atoms with Crippen molar-refractivity contribution in [1.82, 2.24) is 21.1 Å². The van der Waals surface area contributed by atoms with Crippen LogP contribution in [0, 0.1) is 5.92 Å². The van der Waals surface area contributed by atoms with Crippen LogP contribution in [0.15, 0.2) is 48.5 Å². The average molecular weight is 553 g/mol. The number of aliphatic hydroxyl groups is 1. The normalized spacial score (nSPS) is 17.6. The van der Waals surface area contributed by atoms with Crippen LogP contribution in [-0.2, 0) is 25.6 Å².